The van der Waals surface area contributed by atoms with Crippen LogP contribution in [0, 0.1) is 28.6 Å². The molecule has 1 heterocycles. The lowest BCUT2D eigenvalue weighted by atomic mass is 9.80. The van der Waals surface area contributed by atoms with E-state index >= 15 is 0 Å². The molecule has 0 aromatic carbocycles. The minimum atomic E-state index is -1.07. The number of hydrogen-bond donors (Lipinski definition) is 4. The summed E-state index contributed by atoms with van der Waals surface area (Å²) in [5.74, 6) is -2.35. The van der Waals surface area contributed by atoms with E-state index in [2.05, 4.69) is 29.8 Å². The molecule has 2 aliphatic carbocycles. The van der Waals surface area contributed by atoms with Crippen molar-refractivity contribution in [1.82, 2.24) is 20.9 Å². The van der Waals surface area contributed by atoms with E-state index in [4.69, 9.17) is 5.73 Å². The number of Topliss-reactive ketones (excluding diaryl/α,β-unsaturated/α-hetero) is 1. The average Bonchev–Trinajstić information content (AvgIpc) is 3.06. The highest BCUT2D eigenvalue weighted by molar-refractivity contribution is 6.37. The van der Waals surface area contributed by atoms with Crippen LogP contribution in [0.25, 0.3) is 0 Å². The Kier molecular flexibility index (Phi) is 7.74. The summed E-state index contributed by atoms with van der Waals surface area (Å²) in [4.78, 5) is 66.1. The van der Waals surface area contributed by atoms with Crippen LogP contribution < -0.4 is 21.7 Å². The lowest BCUT2D eigenvalue weighted by Crippen LogP contribution is -2.62. The van der Waals surface area contributed by atoms with Crippen LogP contribution in [0.4, 0.5) is 4.79 Å². The number of nitrogens with zero attached hydrogens (tertiary/aromatic N) is 1. The number of amides is 5. The quantitative estimate of drug-likeness (QED) is 0.360. The number of nitrogens with two attached hydrogens (primary N) is 1. The van der Waals surface area contributed by atoms with Gasteiger partial charge in [0.15, 0.2) is 0 Å². The van der Waals surface area contributed by atoms with Crippen molar-refractivity contribution in [3.05, 3.63) is 0 Å². The van der Waals surface area contributed by atoms with Crippen LogP contribution in [0.2, 0.25) is 0 Å². The Morgan fingerprint density at radius 1 is 1.00 bits per heavy atom. The second kappa shape index (κ2) is 9.91. The first-order valence-corrected chi connectivity index (χ1v) is 13.4. The Morgan fingerprint density at radius 2 is 1.59 bits per heavy atom. The van der Waals surface area contributed by atoms with Crippen molar-refractivity contribution in [2.24, 2.45) is 34.3 Å². The average molecular weight is 520 g/mol. The van der Waals surface area contributed by atoms with E-state index in [0.717, 1.165) is 19.3 Å². The number of carbonyl (C=O) groups excluding carboxylic acids is 5. The van der Waals surface area contributed by atoms with Gasteiger partial charge in [0.2, 0.25) is 17.6 Å². The third kappa shape index (κ3) is 6.26. The number of primary amides is 1. The van der Waals surface area contributed by atoms with Gasteiger partial charge in [-0.05, 0) is 55.8 Å². The molecular formula is C27H45N5O5. The Labute approximate surface area is 220 Å². The van der Waals surface area contributed by atoms with Crippen LogP contribution in [0.3, 0.4) is 0 Å². The van der Waals surface area contributed by atoms with Crippen LogP contribution >= 0.6 is 0 Å². The third-order valence-electron chi connectivity index (χ3n) is 8.31. The van der Waals surface area contributed by atoms with E-state index in [1.807, 2.05) is 41.5 Å². The zero-order valence-corrected chi connectivity index (χ0v) is 23.6. The molecule has 0 bridgehead atoms. The second-order valence-electron chi connectivity index (χ2n) is 13.9. The molecule has 1 aliphatic heterocycles. The van der Waals surface area contributed by atoms with Crippen molar-refractivity contribution >= 4 is 29.5 Å². The smallest absolute Gasteiger partial charge is 0.315 e. The van der Waals surface area contributed by atoms with Crippen LogP contribution in [-0.4, -0.2) is 64.6 Å². The normalized spacial score (nSPS) is 26.3. The number of hydrogen-bond acceptors (Lipinski definition) is 5. The Bertz CT molecular complexity index is 959. The van der Waals surface area contributed by atoms with Crippen molar-refractivity contribution in [2.75, 3.05) is 6.54 Å². The lowest BCUT2D eigenvalue weighted by molar-refractivity contribution is -0.145. The van der Waals surface area contributed by atoms with Gasteiger partial charge in [-0.25, -0.2) is 4.79 Å². The summed E-state index contributed by atoms with van der Waals surface area (Å²) in [6.07, 6.45) is 3.31. The number of ketones is 1. The number of fused-ring (bicyclic) bond motifs is 1. The predicted octanol–water partition coefficient (Wildman–Crippen LogP) is 1.71. The first kappa shape index (κ1) is 28.9. The molecule has 1 saturated heterocycles. The molecule has 2 saturated carbocycles. The molecule has 3 aliphatic rings. The molecule has 3 rings (SSSR count). The Morgan fingerprint density at radius 3 is 2.05 bits per heavy atom. The molecule has 208 valence electrons. The van der Waals surface area contributed by atoms with Gasteiger partial charge in [-0.1, -0.05) is 53.9 Å². The van der Waals surface area contributed by atoms with Crippen molar-refractivity contribution in [3.63, 3.8) is 0 Å². The monoisotopic (exact) mass is 519 g/mol. The highest BCUT2D eigenvalue weighted by Gasteiger charge is 2.70. The van der Waals surface area contributed by atoms with Crippen molar-refractivity contribution in [3.8, 4) is 0 Å². The van der Waals surface area contributed by atoms with Gasteiger partial charge in [0.25, 0.3) is 5.91 Å². The summed E-state index contributed by atoms with van der Waals surface area (Å²) in [6.45, 7) is 15.7. The summed E-state index contributed by atoms with van der Waals surface area (Å²) in [5.41, 5.74) is 4.04. The van der Waals surface area contributed by atoms with Gasteiger partial charge < -0.3 is 26.6 Å². The number of piperidine rings is 1. The van der Waals surface area contributed by atoms with Gasteiger partial charge in [-0.2, -0.15) is 0 Å². The summed E-state index contributed by atoms with van der Waals surface area (Å²) < 4.78 is 0. The lowest BCUT2D eigenvalue weighted by Gasteiger charge is -2.38. The summed E-state index contributed by atoms with van der Waals surface area (Å²) in [7, 11) is 0. The second-order valence-corrected chi connectivity index (χ2v) is 13.9. The minimum Gasteiger partial charge on any atom is -0.363 e. The predicted molar refractivity (Wildman–Crippen MR) is 139 cm³/mol. The number of urea groups is 1. The molecule has 10 heteroatoms. The zero-order chi connectivity index (χ0) is 28.1. The molecule has 3 fully saturated rings. The maximum Gasteiger partial charge on any atom is 0.315 e. The highest BCUT2D eigenvalue weighted by atomic mass is 16.2. The first-order valence-electron chi connectivity index (χ1n) is 13.4. The van der Waals surface area contributed by atoms with Gasteiger partial charge in [0.1, 0.15) is 12.1 Å². The molecule has 5 atom stereocenters. The standard InChI is InChI=1S/C27H45N5O5/c1-25(2,3)20(30-24(37)31-26(4,5)6)23(36)32-13-15-17(27(15,7)8)18(32)22(35)29-16(19(33)21(28)34)12-14-10-9-11-14/h14-18,20H,9-13H2,1-8H3,(H2,28,34)(H,29,35)(H2,30,31,37)/t15-,16+,17-,18-,20+/m0/s1. The Hall–Kier alpha value is -2.65. The van der Waals surface area contributed by atoms with Crippen molar-refractivity contribution in [2.45, 2.75) is 105 Å². The highest BCUT2D eigenvalue weighted by Crippen LogP contribution is 2.65. The topological polar surface area (TPSA) is 151 Å². The molecule has 0 radical (unpaired) electrons. The van der Waals surface area contributed by atoms with Crippen molar-refractivity contribution < 1.29 is 24.0 Å². The fourth-order valence-corrected chi connectivity index (χ4v) is 5.86. The van der Waals surface area contributed by atoms with Crippen molar-refractivity contribution in [1.29, 1.82) is 0 Å². The number of carbonyl (C=O) groups is 5. The van der Waals surface area contributed by atoms with E-state index in [9.17, 15) is 24.0 Å². The first-order chi connectivity index (χ1) is 16.8. The van der Waals surface area contributed by atoms with E-state index in [-0.39, 0.29) is 29.1 Å². The summed E-state index contributed by atoms with van der Waals surface area (Å²) in [6, 6.07) is -3.13. The summed E-state index contributed by atoms with van der Waals surface area (Å²) in [5, 5.41) is 8.44. The molecule has 0 spiro atoms. The van der Waals surface area contributed by atoms with Gasteiger partial charge in [0, 0.05) is 12.1 Å². The van der Waals surface area contributed by atoms with Gasteiger partial charge in [-0.3, -0.25) is 19.2 Å². The number of rotatable bonds is 8. The Balaban J connectivity index is 1.83. The number of nitrogens with one attached hydrogen (secondary N) is 3. The fourth-order valence-electron chi connectivity index (χ4n) is 5.86. The van der Waals surface area contributed by atoms with E-state index in [1.165, 1.54) is 0 Å². The van der Waals surface area contributed by atoms with E-state index < -0.39 is 52.7 Å². The largest absolute Gasteiger partial charge is 0.363 e. The minimum absolute atomic E-state index is 0.0755. The van der Waals surface area contributed by atoms with Crippen LogP contribution in [-0.2, 0) is 19.2 Å². The van der Waals surface area contributed by atoms with Gasteiger partial charge >= 0.3 is 6.03 Å². The molecule has 5 N–H and O–H groups in total. The third-order valence-corrected chi connectivity index (χ3v) is 8.31. The fraction of sp³-hybridized carbons (Fsp3) is 0.815. The maximum atomic E-state index is 13.9. The van der Waals surface area contributed by atoms with Gasteiger partial charge in [-0.15, -0.1) is 0 Å². The zero-order valence-electron chi connectivity index (χ0n) is 23.6. The molecular weight excluding hydrogens is 474 g/mol. The van der Waals surface area contributed by atoms with Crippen LogP contribution in [0.5, 0.6) is 0 Å². The summed E-state index contributed by atoms with van der Waals surface area (Å²) >= 11 is 0. The van der Waals surface area contributed by atoms with Crippen LogP contribution in [0.15, 0.2) is 0 Å². The molecule has 10 nitrogen and oxygen atoms in total. The number of likely N-dealkylation sites (tertiary alicyclic amines) is 1. The molecule has 5 amide bonds. The van der Waals surface area contributed by atoms with Crippen LogP contribution in [0.1, 0.15) is 81.1 Å². The maximum absolute atomic E-state index is 13.9. The molecule has 0 unspecified atom stereocenters. The SMILES string of the molecule is CC(C)(C)NC(=O)N[C@H](C(=O)N1C[C@H]2[C@@H]([C@H]1C(=O)N[C@H](CC1CCC1)C(=O)C(N)=O)C2(C)C)C(C)(C)C. The van der Waals surface area contributed by atoms with E-state index in [1.54, 1.807) is 4.90 Å². The van der Waals surface area contributed by atoms with Gasteiger partial charge in [0.05, 0.1) is 6.04 Å². The molecule has 0 aromatic heterocycles. The molecule has 37 heavy (non-hydrogen) atoms. The molecule has 0 aromatic rings. The van der Waals surface area contributed by atoms with E-state index in [0.29, 0.717) is 13.0 Å².